The summed E-state index contributed by atoms with van der Waals surface area (Å²) in [5, 5.41) is 0. The van der Waals surface area contributed by atoms with Crippen molar-refractivity contribution in [3.63, 3.8) is 0 Å². The van der Waals surface area contributed by atoms with Crippen LogP contribution in [-0.2, 0) is 4.79 Å². The molecule has 0 aromatic heterocycles. The van der Waals surface area contributed by atoms with Gasteiger partial charge in [-0.25, -0.2) is 0 Å². The Morgan fingerprint density at radius 2 is 1.83 bits per heavy atom. The normalized spacial score (nSPS) is 17.4. The Hall–Kier alpha value is -0.610. The predicted molar refractivity (Wildman–Crippen MR) is 75.4 cm³/mol. The number of nitrogens with two attached hydrogens (primary N) is 1. The molecule has 1 heterocycles. The Labute approximate surface area is 111 Å². The molecule has 0 spiro atoms. The number of hydrogen-bond donors (Lipinski definition) is 1. The molecule has 2 N–H and O–H groups in total. The van der Waals surface area contributed by atoms with Gasteiger partial charge in [0.25, 0.3) is 0 Å². The Morgan fingerprint density at radius 1 is 1.17 bits per heavy atom. The molecule has 0 radical (unpaired) electrons. The number of nitrogens with zero attached hydrogens (tertiary/aromatic N) is 2. The third kappa shape index (κ3) is 5.83. The Kier molecular flexibility index (Phi) is 7.28. The van der Waals surface area contributed by atoms with Gasteiger partial charge in [0.1, 0.15) is 0 Å². The third-order valence-corrected chi connectivity index (χ3v) is 3.59. The van der Waals surface area contributed by atoms with Gasteiger partial charge in [0.05, 0.1) is 0 Å². The smallest absolute Gasteiger partial charge is 0.222 e. The first-order chi connectivity index (χ1) is 8.63. The maximum atomic E-state index is 12.0. The van der Waals surface area contributed by atoms with Crippen LogP contribution in [0.5, 0.6) is 0 Å². The quantitative estimate of drug-likeness (QED) is 0.698. The van der Waals surface area contributed by atoms with Crippen LogP contribution in [0.1, 0.15) is 39.5 Å². The van der Waals surface area contributed by atoms with E-state index < -0.39 is 0 Å². The lowest BCUT2D eigenvalue weighted by atomic mass is 10.1. The molecule has 0 atom stereocenters. The minimum atomic E-state index is 0.338. The molecule has 0 aliphatic carbocycles. The van der Waals surface area contributed by atoms with E-state index >= 15 is 0 Å². The standard InChI is InChI=1S/C14H29N3O/c1-13(2)5-6-14(18)17-11-9-16(10-12-17)8-4-3-7-15/h13H,3-12,15H2,1-2H3. The van der Waals surface area contributed by atoms with E-state index in [0.29, 0.717) is 18.2 Å². The van der Waals surface area contributed by atoms with Crippen molar-refractivity contribution in [2.45, 2.75) is 39.5 Å². The Bertz CT molecular complexity index is 235. The van der Waals surface area contributed by atoms with Crippen LogP contribution in [0.25, 0.3) is 0 Å². The highest BCUT2D eigenvalue weighted by Gasteiger charge is 2.20. The summed E-state index contributed by atoms with van der Waals surface area (Å²) < 4.78 is 0. The third-order valence-electron chi connectivity index (χ3n) is 3.59. The van der Waals surface area contributed by atoms with E-state index in [1.54, 1.807) is 0 Å². The molecule has 0 unspecified atom stereocenters. The number of unbranched alkanes of at least 4 members (excludes halogenated alkanes) is 1. The molecule has 1 saturated heterocycles. The average molecular weight is 255 g/mol. The molecular formula is C14H29N3O. The SMILES string of the molecule is CC(C)CCC(=O)N1CCN(CCCCN)CC1. The van der Waals surface area contributed by atoms with E-state index in [1.807, 2.05) is 4.90 Å². The fourth-order valence-electron chi connectivity index (χ4n) is 2.27. The van der Waals surface area contributed by atoms with Crippen molar-refractivity contribution in [2.75, 3.05) is 39.3 Å². The van der Waals surface area contributed by atoms with E-state index in [9.17, 15) is 4.79 Å². The fourth-order valence-corrected chi connectivity index (χ4v) is 2.27. The highest BCUT2D eigenvalue weighted by Crippen LogP contribution is 2.09. The zero-order valence-electron chi connectivity index (χ0n) is 12.0. The second-order valence-corrected chi connectivity index (χ2v) is 5.65. The molecule has 1 aliphatic rings. The number of amides is 1. The van der Waals surface area contributed by atoms with E-state index in [1.165, 1.54) is 6.42 Å². The molecule has 4 heteroatoms. The minimum absolute atomic E-state index is 0.338. The van der Waals surface area contributed by atoms with E-state index in [4.69, 9.17) is 5.73 Å². The maximum Gasteiger partial charge on any atom is 0.222 e. The zero-order valence-corrected chi connectivity index (χ0v) is 12.0. The van der Waals surface area contributed by atoms with Crippen LogP contribution in [0, 0.1) is 5.92 Å². The number of piperazine rings is 1. The molecule has 0 aromatic carbocycles. The molecule has 106 valence electrons. The van der Waals surface area contributed by atoms with Crippen LogP contribution in [0.4, 0.5) is 0 Å². The predicted octanol–water partition coefficient (Wildman–Crippen LogP) is 1.31. The second kappa shape index (κ2) is 8.48. The number of rotatable bonds is 7. The minimum Gasteiger partial charge on any atom is -0.340 e. The van der Waals surface area contributed by atoms with Gasteiger partial charge in [-0.1, -0.05) is 13.8 Å². The second-order valence-electron chi connectivity index (χ2n) is 5.65. The summed E-state index contributed by atoms with van der Waals surface area (Å²) in [4.78, 5) is 16.4. The Morgan fingerprint density at radius 3 is 2.39 bits per heavy atom. The largest absolute Gasteiger partial charge is 0.340 e. The van der Waals surface area contributed by atoms with Gasteiger partial charge in [-0.05, 0) is 38.3 Å². The van der Waals surface area contributed by atoms with Crippen molar-refractivity contribution in [2.24, 2.45) is 11.7 Å². The van der Waals surface area contributed by atoms with Crippen LogP contribution in [0.3, 0.4) is 0 Å². The van der Waals surface area contributed by atoms with Crippen molar-refractivity contribution in [3.8, 4) is 0 Å². The number of carbonyl (C=O) groups is 1. The van der Waals surface area contributed by atoms with Crippen LogP contribution in [0.2, 0.25) is 0 Å². The summed E-state index contributed by atoms with van der Waals surface area (Å²) in [7, 11) is 0. The van der Waals surface area contributed by atoms with E-state index in [0.717, 1.165) is 52.1 Å². The zero-order chi connectivity index (χ0) is 13.4. The summed E-state index contributed by atoms with van der Waals surface area (Å²) in [5.41, 5.74) is 5.49. The lowest BCUT2D eigenvalue weighted by molar-refractivity contribution is -0.133. The monoisotopic (exact) mass is 255 g/mol. The summed E-state index contributed by atoms with van der Waals surface area (Å²) in [6.07, 6.45) is 4.01. The van der Waals surface area contributed by atoms with Crippen LogP contribution < -0.4 is 5.73 Å². The molecule has 0 aromatic rings. The van der Waals surface area contributed by atoms with Crippen molar-refractivity contribution in [1.29, 1.82) is 0 Å². The van der Waals surface area contributed by atoms with Crippen molar-refractivity contribution in [1.82, 2.24) is 9.80 Å². The highest BCUT2D eigenvalue weighted by molar-refractivity contribution is 5.76. The van der Waals surface area contributed by atoms with Gasteiger partial charge in [0, 0.05) is 32.6 Å². The number of carbonyl (C=O) groups excluding carboxylic acids is 1. The first-order valence-electron chi connectivity index (χ1n) is 7.33. The van der Waals surface area contributed by atoms with Crippen molar-refractivity contribution >= 4 is 5.91 Å². The lowest BCUT2D eigenvalue weighted by Gasteiger charge is -2.35. The molecule has 1 aliphatic heterocycles. The van der Waals surface area contributed by atoms with Gasteiger partial charge < -0.3 is 10.6 Å². The Balaban J connectivity index is 2.16. The van der Waals surface area contributed by atoms with Crippen molar-refractivity contribution in [3.05, 3.63) is 0 Å². The number of hydrogen-bond acceptors (Lipinski definition) is 3. The summed E-state index contributed by atoms with van der Waals surface area (Å²) in [5.74, 6) is 0.955. The van der Waals surface area contributed by atoms with Gasteiger partial charge in [0.15, 0.2) is 0 Å². The molecule has 1 amide bonds. The maximum absolute atomic E-state index is 12.0. The summed E-state index contributed by atoms with van der Waals surface area (Å²) in [6, 6.07) is 0. The molecule has 0 bridgehead atoms. The van der Waals surface area contributed by atoms with E-state index in [-0.39, 0.29) is 0 Å². The van der Waals surface area contributed by atoms with Gasteiger partial charge in [-0.2, -0.15) is 0 Å². The van der Waals surface area contributed by atoms with Gasteiger partial charge in [0.2, 0.25) is 5.91 Å². The first-order valence-corrected chi connectivity index (χ1v) is 7.33. The van der Waals surface area contributed by atoms with Crippen LogP contribution in [0.15, 0.2) is 0 Å². The van der Waals surface area contributed by atoms with Gasteiger partial charge in [-0.3, -0.25) is 9.69 Å². The van der Waals surface area contributed by atoms with E-state index in [2.05, 4.69) is 18.7 Å². The van der Waals surface area contributed by atoms with Crippen LogP contribution >= 0.6 is 0 Å². The summed E-state index contributed by atoms with van der Waals surface area (Å²) in [6.45, 7) is 10.1. The molecule has 4 nitrogen and oxygen atoms in total. The summed E-state index contributed by atoms with van der Waals surface area (Å²) >= 11 is 0. The molecule has 0 saturated carbocycles. The van der Waals surface area contributed by atoms with Crippen molar-refractivity contribution < 1.29 is 4.79 Å². The first kappa shape index (κ1) is 15.4. The fraction of sp³-hybridized carbons (Fsp3) is 0.929. The van der Waals surface area contributed by atoms with Gasteiger partial charge in [-0.15, -0.1) is 0 Å². The molecule has 1 fully saturated rings. The molecular weight excluding hydrogens is 226 g/mol. The lowest BCUT2D eigenvalue weighted by Crippen LogP contribution is -2.48. The van der Waals surface area contributed by atoms with Crippen LogP contribution in [-0.4, -0.2) is 55.0 Å². The topological polar surface area (TPSA) is 49.6 Å². The molecule has 18 heavy (non-hydrogen) atoms. The van der Waals surface area contributed by atoms with Gasteiger partial charge >= 0.3 is 0 Å². The average Bonchev–Trinajstić information content (AvgIpc) is 2.37. The molecule has 1 rings (SSSR count). The highest BCUT2D eigenvalue weighted by atomic mass is 16.2.